The molecule has 1 heterocycles. The minimum atomic E-state index is -1.55. The fraction of sp³-hybridized carbons (Fsp3) is 0.935. The summed E-state index contributed by atoms with van der Waals surface area (Å²) < 4.78 is 11.2. The number of amides is 1. The smallest absolute Gasteiger partial charge is 0.220 e. The molecular formula is C46H89NO8. The van der Waals surface area contributed by atoms with Crippen LogP contribution in [-0.2, 0) is 14.3 Å². The van der Waals surface area contributed by atoms with E-state index in [4.69, 9.17) is 9.47 Å². The Kier molecular flexibility index (Phi) is 35.2. The van der Waals surface area contributed by atoms with E-state index in [0.717, 1.165) is 44.9 Å². The Balaban J connectivity index is 2.20. The molecule has 9 heteroatoms. The highest BCUT2D eigenvalue weighted by Crippen LogP contribution is 2.23. The predicted octanol–water partition coefficient (Wildman–Crippen LogP) is 9.73. The molecule has 0 radical (unpaired) electrons. The van der Waals surface area contributed by atoms with Crippen LogP contribution in [0.2, 0.25) is 0 Å². The van der Waals surface area contributed by atoms with Gasteiger partial charge in [0, 0.05) is 6.42 Å². The number of hydrogen-bond donors (Lipinski definition) is 6. The van der Waals surface area contributed by atoms with Gasteiger partial charge in [-0.1, -0.05) is 187 Å². The maximum atomic E-state index is 12.9. The van der Waals surface area contributed by atoms with E-state index in [0.29, 0.717) is 12.8 Å². The summed E-state index contributed by atoms with van der Waals surface area (Å²) in [6, 6.07) is -0.728. The Morgan fingerprint density at radius 2 is 1.02 bits per heavy atom. The maximum absolute atomic E-state index is 12.9. The fourth-order valence-corrected chi connectivity index (χ4v) is 7.57. The molecule has 0 saturated carbocycles. The van der Waals surface area contributed by atoms with Gasteiger partial charge in [0.2, 0.25) is 5.91 Å². The van der Waals surface area contributed by atoms with E-state index in [2.05, 4.69) is 31.3 Å². The van der Waals surface area contributed by atoms with Gasteiger partial charge < -0.3 is 40.3 Å². The first-order valence-corrected chi connectivity index (χ1v) is 23.4. The summed E-state index contributed by atoms with van der Waals surface area (Å²) in [4.78, 5) is 12.9. The monoisotopic (exact) mass is 784 g/mol. The lowest BCUT2D eigenvalue weighted by atomic mass is 9.99. The Hall–Kier alpha value is -1.07. The van der Waals surface area contributed by atoms with Crippen molar-refractivity contribution in [1.82, 2.24) is 5.32 Å². The first kappa shape index (κ1) is 51.9. The van der Waals surface area contributed by atoms with Gasteiger partial charge in [0.25, 0.3) is 0 Å². The van der Waals surface area contributed by atoms with Crippen molar-refractivity contribution >= 4 is 5.91 Å². The number of allylic oxidation sites excluding steroid dienone is 2. The summed E-state index contributed by atoms with van der Waals surface area (Å²) in [7, 11) is 0. The van der Waals surface area contributed by atoms with Crippen molar-refractivity contribution in [3.05, 3.63) is 12.2 Å². The van der Waals surface area contributed by atoms with E-state index in [9.17, 15) is 30.3 Å². The fourth-order valence-electron chi connectivity index (χ4n) is 7.57. The van der Waals surface area contributed by atoms with Crippen LogP contribution < -0.4 is 5.32 Å². The van der Waals surface area contributed by atoms with Gasteiger partial charge in [-0.2, -0.15) is 0 Å². The molecule has 0 aromatic heterocycles. The Bertz CT molecular complexity index is 873. The molecule has 326 valence electrons. The SMILES string of the molecule is CCCCC/C=C/CCCC[C@@H](O)[C@H](CO[C@H]1O[C@@H](CO)[C@H](O)C(O)C1O)NC(=O)CCCCCCCCCCCCCCCCCCCCCCCCC. The van der Waals surface area contributed by atoms with Crippen molar-refractivity contribution in [2.75, 3.05) is 13.2 Å². The van der Waals surface area contributed by atoms with Gasteiger partial charge in [-0.05, 0) is 38.5 Å². The second-order valence-corrected chi connectivity index (χ2v) is 16.6. The second kappa shape index (κ2) is 37.2. The van der Waals surface area contributed by atoms with Gasteiger partial charge in [-0.3, -0.25) is 4.79 Å². The summed E-state index contributed by atoms with van der Waals surface area (Å²) in [6.07, 6.45) is 35.3. The zero-order valence-electron chi connectivity index (χ0n) is 35.7. The summed E-state index contributed by atoms with van der Waals surface area (Å²) in [5, 5.41) is 54.1. The van der Waals surface area contributed by atoms with Gasteiger partial charge in [0.1, 0.15) is 24.4 Å². The predicted molar refractivity (Wildman–Crippen MR) is 226 cm³/mol. The van der Waals surface area contributed by atoms with Gasteiger partial charge >= 0.3 is 0 Å². The number of nitrogens with one attached hydrogen (secondary N) is 1. The molecule has 0 bridgehead atoms. The van der Waals surface area contributed by atoms with E-state index >= 15 is 0 Å². The summed E-state index contributed by atoms with van der Waals surface area (Å²) in [5.41, 5.74) is 0. The molecule has 9 nitrogen and oxygen atoms in total. The molecule has 55 heavy (non-hydrogen) atoms. The first-order chi connectivity index (χ1) is 26.8. The molecule has 1 saturated heterocycles. The highest BCUT2D eigenvalue weighted by Gasteiger charge is 2.44. The topological polar surface area (TPSA) is 149 Å². The van der Waals surface area contributed by atoms with E-state index in [1.807, 2.05) is 0 Å². The lowest BCUT2D eigenvalue weighted by molar-refractivity contribution is -0.302. The van der Waals surface area contributed by atoms with E-state index in [1.165, 1.54) is 148 Å². The van der Waals surface area contributed by atoms with Crippen molar-refractivity contribution in [3.8, 4) is 0 Å². The number of rotatable bonds is 39. The molecule has 1 amide bonds. The Morgan fingerprint density at radius 1 is 0.600 bits per heavy atom. The van der Waals surface area contributed by atoms with Crippen LogP contribution in [0.25, 0.3) is 0 Å². The number of carbonyl (C=O) groups is 1. The molecule has 0 spiro atoms. The molecular weight excluding hydrogens is 695 g/mol. The van der Waals surface area contributed by atoms with Crippen molar-refractivity contribution in [1.29, 1.82) is 0 Å². The number of aliphatic hydroxyl groups excluding tert-OH is 5. The van der Waals surface area contributed by atoms with Crippen molar-refractivity contribution in [2.24, 2.45) is 0 Å². The van der Waals surface area contributed by atoms with Crippen LogP contribution in [0.4, 0.5) is 0 Å². The van der Waals surface area contributed by atoms with Crippen LogP contribution in [0.1, 0.15) is 219 Å². The van der Waals surface area contributed by atoms with Crippen LogP contribution in [0.5, 0.6) is 0 Å². The normalized spacial score (nSPS) is 21.3. The van der Waals surface area contributed by atoms with Gasteiger partial charge in [-0.15, -0.1) is 0 Å². The number of hydrogen-bond acceptors (Lipinski definition) is 8. The van der Waals surface area contributed by atoms with Crippen molar-refractivity contribution < 1.29 is 39.8 Å². The van der Waals surface area contributed by atoms with Crippen molar-refractivity contribution in [3.63, 3.8) is 0 Å². The third-order valence-corrected chi connectivity index (χ3v) is 11.4. The van der Waals surface area contributed by atoms with E-state index < -0.39 is 49.5 Å². The molecule has 6 N–H and O–H groups in total. The van der Waals surface area contributed by atoms with Gasteiger partial charge in [0.05, 0.1) is 25.4 Å². The van der Waals surface area contributed by atoms with Crippen molar-refractivity contribution in [2.45, 2.75) is 262 Å². The largest absolute Gasteiger partial charge is 0.394 e. The Morgan fingerprint density at radius 3 is 1.47 bits per heavy atom. The van der Waals surface area contributed by atoms with Crippen LogP contribution >= 0.6 is 0 Å². The average Bonchev–Trinajstić information content (AvgIpc) is 3.18. The average molecular weight is 784 g/mol. The molecule has 1 rings (SSSR count). The van der Waals surface area contributed by atoms with E-state index in [1.54, 1.807) is 0 Å². The molecule has 1 fully saturated rings. The summed E-state index contributed by atoms with van der Waals surface area (Å²) in [5.74, 6) is -0.153. The zero-order valence-corrected chi connectivity index (χ0v) is 35.7. The number of ether oxygens (including phenoxy) is 2. The Labute approximate surface area is 337 Å². The zero-order chi connectivity index (χ0) is 40.2. The van der Waals surface area contributed by atoms with Crippen LogP contribution in [0.3, 0.4) is 0 Å². The summed E-state index contributed by atoms with van der Waals surface area (Å²) in [6.45, 7) is 3.78. The lowest BCUT2D eigenvalue weighted by Gasteiger charge is -2.40. The van der Waals surface area contributed by atoms with Gasteiger partial charge in [-0.25, -0.2) is 0 Å². The minimum absolute atomic E-state index is 0.146. The summed E-state index contributed by atoms with van der Waals surface area (Å²) >= 11 is 0. The molecule has 7 atom stereocenters. The van der Waals surface area contributed by atoms with Crippen LogP contribution in [0, 0.1) is 0 Å². The minimum Gasteiger partial charge on any atom is -0.394 e. The molecule has 1 aliphatic rings. The molecule has 1 aliphatic heterocycles. The lowest BCUT2D eigenvalue weighted by Crippen LogP contribution is -2.60. The molecule has 2 unspecified atom stereocenters. The first-order valence-electron chi connectivity index (χ1n) is 23.4. The van der Waals surface area contributed by atoms with Crippen LogP contribution in [-0.4, -0.2) is 87.5 Å². The third kappa shape index (κ3) is 28.1. The van der Waals surface area contributed by atoms with Crippen LogP contribution in [0.15, 0.2) is 12.2 Å². The second-order valence-electron chi connectivity index (χ2n) is 16.6. The molecule has 0 aromatic carbocycles. The quantitative estimate of drug-likeness (QED) is 0.0267. The highest BCUT2D eigenvalue weighted by molar-refractivity contribution is 5.76. The number of aliphatic hydroxyl groups is 5. The third-order valence-electron chi connectivity index (χ3n) is 11.4. The molecule has 0 aromatic rings. The number of unbranched alkanes of at least 4 members (excludes halogenated alkanes) is 27. The maximum Gasteiger partial charge on any atom is 0.220 e. The number of carbonyl (C=O) groups excluding carboxylic acids is 1. The molecule has 0 aliphatic carbocycles. The van der Waals surface area contributed by atoms with E-state index in [-0.39, 0.29) is 12.5 Å². The standard InChI is InChI=1S/C46H89NO8/c1-3-5-7-9-11-13-14-15-16-17-18-19-20-21-22-23-24-25-26-28-30-32-34-36-42(50)47-39(40(49)35-33-31-29-27-12-10-8-6-4-2)38-54-46-45(53)44(52)43(51)41(37-48)55-46/h12,27,39-41,43-46,48-49,51-53H,3-11,13-26,28-38H2,1-2H3,(H,47,50)/b27-12+/t39-,40+,41-,43-,44?,45?,46-/m0/s1. The highest BCUT2D eigenvalue weighted by atomic mass is 16.7. The van der Waals surface area contributed by atoms with Gasteiger partial charge in [0.15, 0.2) is 6.29 Å².